The third-order valence-corrected chi connectivity index (χ3v) is 5.83. The molecule has 0 saturated carbocycles. The smallest absolute Gasteiger partial charge is 0.242 e. The molecular weight excluding hydrogens is 348 g/mol. The van der Waals surface area contributed by atoms with Crippen molar-refractivity contribution in [3.63, 3.8) is 0 Å². The molecule has 0 amide bonds. The third kappa shape index (κ3) is 5.13. The first kappa shape index (κ1) is 19.1. The molecule has 2 nitrogen and oxygen atoms in total. The van der Waals surface area contributed by atoms with Gasteiger partial charge >= 0.3 is 5.25 Å². The van der Waals surface area contributed by atoms with Crippen molar-refractivity contribution in [1.29, 1.82) is 0 Å². The molecule has 0 aliphatic carbocycles. The van der Waals surface area contributed by atoms with Crippen molar-refractivity contribution in [2.24, 2.45) is 0 Å². The lowest BCUT2D eigenvalue weighted by Crippen LogP contribution is -2.42. The van der Waals surface area contributed by atoms with Gasteiger partial charge in [0.2, 0.25) is 0 Å². The molecule has 2 aromatic carbocycles. The van der Waals surface area contributed by atoms with Gasteiger partial charge in [0.25, 0.3) is 0 Å². The van der Waals surface area contributed by atoms with E-state index in [9.17, 15) is 13.0 Å². The molecule has 1 unspecified atom stereocenters. The zero-order valence-corrected chi connectivity index (χ0v) is 15.5. The molecule has 0 saturated heterocycles. The Kier molecular flexibility index (Phi) is 6.17. The summed E-state index contributed by atoms with van der Waals surface area (Å²) in [6.45, 7) is 5.25. The van der Waals surface area contributed by atoms with Crippen LogP contribution in [0.5, 0.6) is 0 Å². The highest BCUT2D eigenvalue weighted by Crippen LogP contribution is 2.45. The molecule has 0 spiro atoms. The highest BCUT2D eigenvalue weighted by molar-refractivity contribution is 8.00. The van der Waals surface area contributed by atoms with Crippen molar-refractivity contribution in [3.8, 4) is 0 Å². The second kappa shape index (κ2) is 7.76. The molecule has 1 N–H and O–H groups in total. The molecule has 24 heavy (non-hydrogen) atoms. The van der Waals surface area contributed by atoms with Crippen molar-refractivity contribution < 1.29 is 13.0 Å². The van der Waals surface area contributed by atoms with Crippen LogP contribution in [0.3, 0.4) is 0 Å². The first-order valence-electron chi connectivity index (χ1n) is 7.55. The summed E-state index contributed by atoms with van der Waals surface area (Å²) >= 11 is 0.471. The van der Waals surface area contributed by atoms with E-state index in [1.165, 1.54) is 0 Å². The number of nitrogens with one attached hydrogen (secondary N) is 1. The highest BCUT2D eigenvalue weighted by atomic mass is 32.2. The SMILES string of the molecule is CC(C)(C)S(=O)N[C@@H](c1ccccc1)C(F)(F)Sc1ccccc1. The number of hydrogen-bond acceptors (Lipinski definition) is 2. The summed E-state index contributed by atoms with van der Waals surface area (Å²) in [5.74, 6) is 0. The Morgan fingerprint density at radius 3 is 1.96 bits per heavy atom. The Hall–Kier alpha value is -1.24. The van der Waals surface area contributed by atoms with E-state index in [1.807, 2.05) is 0 Å². The lowest BCUT2D eigenvalue weighted by atomic mass is 10.1. The second-order valence-corrected chi connectivity index (χ2v) is 9.54. The van der Waals surface area contributed by atoms with E-state index >= 15 is 0 Å². The number of rotatable bonds is 6. The maximum Gasteiger partial charge on any atom is 0.318 e. The monoisotopic (exact) mass is 369 g/mol. The van der Waals surface area contributed by atoms with E-state index in [2.05, 4.69) is 4.72 Å². The molecule has 0 aliphatic rings. The largest absolute Gasteiger partial charge is 0.318 e. The fraction of sp³-hybridized carbons (Fsp3) is 0.333. The van der Waals surface area contributed by atoms with E-state index in [1.54, 1.807) is 81.4 Å². The maximum absolute atomic E-state index is 15.0. The minimum absolute atomic E-state index is 0.406. The minimum Gasteiger partial charge on any atom is -0.242 e. The number of benzene rings is 2. The van der Waals surface area contributed by atoms with E-state index < -0.39 is 27.0 Å². The van der Waals surface area contributed by atoms with Crippen molar-refractivity contribution in [3.05, 3.63) is 66.2 Å². The van der Waals surface area contributed by atoms with Crippen LogP contribution in [0.2, 0.25) is 0 Å². The zero-order chi connectivity index (χ0) is 17.8. The van der Waals surface area contributed by atoms with E-state index in [4.69, 9.17) is 0 Å². The lowest BCUT2D eigenvalue weighted by molar-refractivity contribution is 0.0685. The summed E-state index contributed by atoms with van der Waals surface area (Å²) in [6.07, 6.45) is 0. The van der Waals surface area contributed by atoms with E-state index in [-0.39, 0.29) is 0 Å². The predicted octanol–water partition coefficient (Wildman–Crippen LogP) is 5.16. The Labute approximate surface area is 148 Å². The van der Waals surface area contributed by atoms with Crippen LogP contribution < -0.4 is 4.72 Å². The molecule has 0 radical (unpaired) electrons. The first-order valence-corrected chi connectivity index (χ1v) is 9.51. The molecule has 130 valence electrons. The normalized spacial score (nSPS) is 15.0. The van der Waals surface area contributed by atoms with Gasteiger partial charge in [-0.3, -0.25) is 0 Å². The van der Waals surface area contributed by atoms with Gasteiger partial charge < -0.3 is 0 Å². The summed E-state index contributed by atoms with van der Waals surface area (Å²) in [5, 5.41) is -3.16. The van der Waals surface area contributed by atoms with E-state index in [0.717, 1.165) is 0 Å². The maximum atomic E-state index is 15.0. The van der Waals surface area contributed by atoms with Gasteiger partial charge in [0.1, 0.15) is 6.04 Å². The highest BCUT2D eigenvalue weighted by Gasteiger charge is 2.43. The van der Waals surface area contributed by atoms with E-state index in [0.29, 0.717) is 22.2 Å². The number of alkyl halides is 2. The van der Waals surface area contributed by atoms with Crippen molar-refractivity contribution >= 4 is 22.7 Å². The zero-order valence-electron chi connectivity index (χ0n) is 13.8. The van der Waals surface area contributed by atoms with Crippen molar-refractivity contribution in [1.82, 2.24) is 4.72 Å². The molecule has 0 fully saturated rings. The Morgan fingerprint density at radius 1 is 0.958 bits per heavy atom. The predicted molar refractivity (Wildman–Crippen MR) is 97.5 cm³/mol. The van der Waals surface area contributed by atoms with Crippen LogP contribution in [0, 0.1) is 0 Å². The number of halogens is 2. The van der Waals surface area contributed by atoms with Gasteiger partial charge in [-0.2, -0.15) is 8.78 Å². The van der Waals surface area contributed by atoms with Crippen molar-refractivity contribution in [2.75, 3.05) is 0 Å². The molecule has 0 heterocycles. The van der Waals surface area contributed by atoms with Crippen LogP contribution in [0.15, 0.2) is 65.6 Å². The van der Waals surface area contributed by atoms with Gasteiger partial charge in [-0.05, 0) is 38.5 Å². The van der Waals surface area contributed by atoms with Crippen LogP contribution in [-0.2, 0) is 11.0 Å². The Morgan fingerprint density at radius 2 is 1.46 bits per heavy atom. The van der Waals surface area contributed by atoms with Gasteiger partial charge in [0.15, 0.2) is 0 Å². The van der Waals surface area contributed by atoms with Gasteiger partial charge in [-0.1, -0.05) is 60.3 Å². The molecule has 2 rings (SSSR count). The average molecular weight is 370 g/mol. The van der Waals surface area contributed by atoms with Gasteiger partial charge in [-0.25, -0.2) is 8.93 Å². The molecule has 0 bridgehead atoms. The van der Waals surface area contributed by atoms with Gasteiger partial charge in [0.05, 0.1) is 15.7 Å². The first-order chi connectivity index (χ1) is 11.2. The molecule has 6 heteroatoms. The summed E-state index contributed by atoms with van der Waals surface area (Å²) < 4.78 is 44.3. The quantitative estimate of drug-likeness (QED) is 0.712. The Bertz CT molecular complexity index is 672. The van der Waals surface area contributed by atoms with Crippen LogP contribution >= 0.6 is 11.8 Å². The minimum atomic E-state index is -3.16. The van der Waals surface area contributed by atoms with Crippen LogP contribution in [0.4, 0.5) is 8.78 Å². The average Bonchev–Trinajstić information content (AvgIpc) is 2.52. The fourth-order valence-corrected chi connectivity index (χ4v) is 3.81. The van der Waals surface area contributed by atoms with Gasteiger partial charge in [0, 0.05) is 4.90 Å². The molecule has 0 aromatic heterocycles. The van der Waals surface area contributed by atoms with Crippen LogP contribution in [-0.4, -0.2) is 14.2 Å². The lowest BCUT2D eigenvalue weighted by Gasteiger charge is -2.30. The molecule has 2 atom stereocenters. The summed E-state index contributed by atoms with van der Waals surface area (Å²) in [4.78, 5) is 0.465. The Balaban J connectivity index is 2.32. The second-order valence-electron chi connectivity index (χ2n) is 6.32. The molecule has 2 aromatic rings. The summed E-state index contributed by atoms with van der Waals surface area (Å²) in [7, 11) is -1.62. The number of thioether (sulfide) groups is 1. The van der Waals surface area contributed by atoms with Gasteiger partial charge in [-0.15, -0.1) is 0 Å². The van der Waals surface area contributed by atoms with Crippen molar-refractivity contribution in [2.45, 2.75) is 41.7 Å². The summed E-state index contributed by atoms with van der Waals surface area (Å²) in [6, 6.07) is 15.6. The molecule has 0 aliphatic heterocycles. The number of hydrogen-bond donors (Lipinski definition) is 1. The molecular formula is C18H21F2NOS2. The standard InChI is InChI=1S/C18H21F2NOS2/c1-17(2,3)24(22)21-16(14-10-6-4-7-11-14)18(19,20)23-15-12-8-5-9-13-15/h4-13,16,21H,1-3H3/t16-,24?/m0/s1. The fourth-order valence-electron chi connectivity index (χ4n) is 1.96. The van der Waals surface area contributed by atoms with Crippen LogP contribution in [0.25, 0.3) is 0 Å². The van der Waals surface area contributed by atoms with Crippen LogP contribution in [0.1, 0.15) is 32.4 Å². The topological polar surface area (TPSA) is 29.1 Å². The third-order valence-electron chi connectivity index (χ3n) is 3.25. The summed E-state index contributed by atoms with van der Waals surface area (Å²) in [5.41, 5.74) is 0.406.